The fourth-order valence-corrected chi connectivity index (χ4v) is 1.76. The lowest BCUT2D eigenvalue weighted by molar-refractivity contribution is 0.0988. The van der Waals surface area contributed by atoms with Crippen LogP contribution in [0, 0.1) is 6.92 Å². The van der Waals surface area contributed by atoms with E-state index in [9.17, 15) is 4.79 Å². The molecule has 0 aliphatic heterocycles. The van der Waals surface area contributed by atoms with Crippen molar-refractivity contribution in [1.82, 2.24) is 9.78 Å². The normalized spacial score (nSPS) is 10.5. The Morgan fingerprint density at radius 1 is 1.35 bits per heavy atom. The van der Waals surface area contributed by atoms with Crippen LogP contribution in [-0.4, -0.2) is 15.6 Å². The molecule has 0 aliphatic rings. The number of hydrogen-bond acceptors (Lipinski definition) is 2. The molecule has 2 aromatic rings. The lowest BCUT2D eigenvalue weighted by Gasteiger charge is -2.04. The number of Topliss-reactive ketones (excluding diaryl/α,β-unsaturated/α-hetero) is 1. The van der Waals surface area contributed by atoms with Crippen LogP contribution in [0.1, 0.15) is 34.8 Å². The molecule has 0 atom stereocenters. The monoisotopic (exact) mass is 228 g/mol. The minimum Gasteiger partial charge on any atom is -0.294 e. The molecule has 0 N–H and O–H groups in total. The average Bonchev–Trinajstić information content (AvgIpc) is 2.80. The summed E-state index contributed by atoms with van der Waals surface area (Å²) < 4.78 is 1.81. The summed E-state index contributed by atoms with van der Waals surface area (Å²) in [6.07, 6.45) is 3.98. The van der Waals surface area contributed by atoms with Crippen LogP contribution in [0.2, 0.25) is 0 Å². The van der Waals surface area contributed by atoms with Gasteiger partial charge in [0.2, 0.25) is 0 Å². The minimum atomic E-state index is 0.140. The van der Waals surface area contributed by atoms with E-state index in [-0.39, 0.29) is 5.78 Å². The van der Waals surface area contributed by atoms with Gasteiger partial charge in [0, 0.05) is 12.6 Å². The van der Waals surface area contributed by atoms with E-state index in [1.165, 1.54) is 11.1 Å². The van der Waals surface area contributed by atoms with Crippen LogP contribution in [-0.2, 0) is 6.54 Å². The topological polar surface area (TPSA) is 34.9 Å². The van der Waals surface area contributed by atoms with Gasteiger partial charge in [0.25, 0.3) is 0 Å². The van der Waals surface area contributed by atoms with E-state index in [0.717, 1.165) is 0 Å². The lowest BCUT2D eigenvalue weighted by atomic mass is 10.1. The summed E-state index contributed by atoms with van der Waals surface area (Å²) in [5.41, 5.74) is 3.17. The molecule has 3 nitrogen and oxygen atoms in total. The van der Waals surface area contributed by atoms with Crippen molar-refractivity contribution in [3.63, 3.8) is 0 Å². The van der Waals surface area contributed by atoms with E-state index in [0.29, 0.717) is 18.5 Å². The number of aryl methyl sites for hydroxylation is 1. The number of ketones is 1. The maximum absolute atomic E-state index is 11.5. The van der Waals surface area contributed by atoms with Crippen LogP contribution in [0.4, 0.5) is 0 Å². The first-order valence-electron chi connectivity index (χ1n) is 5.81. The second kappa shape index (κ2) is 4.95. The maximum Gasteiger partial charge on any atom is 0.165 e. The molecule has 88 valence electrons. The number of aromatic nitrogens is 2. The molecule has 0 aliphatic carbocycles. The number of benzene rings is 1. The summed E-state index contributed by atoms with van der Waals surface area (Å²) >= 11 is 0. The van der Waals surface area contributed by atoms with Crippen molar-refractivity contribution in [2.45, 2.75) is 26.8 Å². The van der Waals surface area contributed by atoms with Crippen LogP contribution in [0.25, 0.3) is 0 Å². The van der Waals surface area contributed by atoms with Gasteiger partial charge in [-0.25, -0.2) is 0 Å². The Hall–Kier alpha value is -1.90. The summed E-state index contributed by atoms with van der Waals surface area (Å²) in [4.78, 5) is 11.5. The Morgan fingerprint density at radius 2 is 2.12 bits per heavy atom. The fraction of sp³-hybridized carbons (Fsp3) is 0.286. The summed E-state index contributed by atoms with van der Waals surface area (Å²) in [5, 5.41) is 4.22. The van der Waals surface area contributed by atoms with Crippen LogP contribution in [0.3, 0.4) is 0 Å². The van der Waals surface area contributed by atoms with Crippen molar-refractivity contribution in [2.75, 3.05) is 0 Å². The molecule has 1 heterocycles. The van der Waals surface area contributed by atoms with Gasteiger partial charge in [-0.3, -0.25) is 9.48 Å². The Bertz CT molecular complexity index is 529. The molecular formula is C14H16N2O. The predicted octanol–water partition coefficient (Wildman–Crippen LogP) is 2.83. The van der Waals surface area contributed by atoms with Crippen molar-refractivity contribution >= 4 is 5.78 Å². The summed E-state index contributed by atoms with van der Waals surface area (Å²) in [7, 11) is 0. The highest BCUT2D eigenvalue weighted by atomic mass is 16.1. The second-order valence-electron chi connectivity index (χ2n) is 4.13. The van der Waals surface area contributed by atoms with Crippen molar-refractivity contribution in [2.24, 2.45) is 0 Å². The van der Waals surface area contributed by atoms with E-state index >= 15 is 0 Å². The third kappa shape index (κ3) is 2.61. The van der Waals surface area contributed by atoms with Crippen molar-refractivity contribution < 1.29 is 4.79 Å². The summed E-state index contributed by atoms with van der Waals surface area (Å²) in [5.74, 6) is 0.140. The molecule has 1 aromatic heterocycles. The Kier molecular flexibility index (Phi) is 3.38. The molecule has 0 radical (unpaired) electrons. The predicted molar refractivity (Wildman–Crippen MR) is 67.1 cm³/mol. The number of rotatable bonds is 4. The van der Waals surface area contributed by atoms with Gasteiger partial charge in [-0.1, -0.05) is 31.2 Å². The van der Waals surface area contributed by atoms with Gasteiger partial charge in [-0.2, -0.15) is 5.10 Å². The second-order valence-corrected chi connectivity index (χ2v) is 4.13. The Morgan fingerprint density at radius 3 is 2.82 bits per heavy atom. The molecule has 0 bridgehead atoms. The smallest absolute Gasteiger partial charge is 0.165 e. The first-order valence-corrected chi connectivity index (χ1v) is 5.81. The summed E-state index contributed by atoms with van der Waals surface area (Å²) in [6.45, 7) is 4.65. The zero-order chi connectivity index (χ0) is 12.3. The maximum atomic E-state index is 11.5. The summed E-state index contributed by atoms with van der Waals surface area (Å²) in [6, 6.07) is 8.20. The highest BCUT2D eigenvalue weighted by Gasteiger charge is 2.06. The van der Waals surface area contributed by atoms with Crippen LogP contribution < -0.4 is 0 Å². The van der Waals surface area contributed by atoms with Crippen LogP contribution >= 0.6 is 0 Å². The van der Waals surface area contributed by atoms with E-state index in [1.54, 1.807) is 6.20 Å². The quantitative estimate of drug-likeness (QED) is 0.754. The van der Waals surface area contributed by atoms with E-state index in [1.807, 2.05) is 29.9 Å². The number of hydrogen-bond donors (Lipinski definition) is 0. The minimum absolute atomic E-state index is 0.140. The first-order chi connectivity index (χ1) is 8.20. The Balaban J connectivity index is 2.17. The Labute approximate surface area is 101 Å². The largest absolute Gasteiger partial charge is 0.294 e. The third-order valence-corrected chi connectivity index (χ3v) is 2.87. The van der Waals surface area contributed by atoms with Crippen LogP contribution in [0.15, 0.2) is 36.7 Å². The molecule has 0 saturated heterocycles. The molecule has 0 fully saturated rings. The molecule has 3 heteroatoms. The molecule has 0 spiro atoms. The van der Waals surface area contributed by atoms with E-state index in [4.69, 9.17) is 0 Å². The lowest BCUT2D eigenvalue weighted by Crippen LogP contribution is -2.02. The van der Waals surface area contributed by atoms with Gasteiger partial charge in [-0.05, 0) is 18.1 Å². The zero-order valence-electron chi connectivity index (χ0n) is 10.2. The van der Waals surface area contributed by atoms with E-state index < -0.39 is 0 Å². The van der Waals surface area contributed by atoms with Gasteiger partial charge < -0.3 is 0 Å². The molecule has 0 amide bonds. The highest BCUT2D eigenvalue weighted by Crippen LogP contribution is 2.10. The third-order valence-electron chi connectivity index (χ3n) is 2.87. The van der Waals surface area contributed by atoms with Gasteiger partial charge in [0.15, 0.2) is 5.78 Å². The molecular weight excluding hydrogens is 212 g/mol. The number of nitrogens with zero attached hydrogens (tertiary/aromatic N) is 2. The van der Waals surface area contributed by atoms with Gasteiger partial charge in [0.05, 0.1) is 18.3 Å². The van der Waals surface area contributed by atoms with Gasteiger partial charge in [-0.15, -0.1) is 0 Å². The molecule has 0 saturated carbocycles. The van der Waals surface area contributed by atoms with Crippen molar-refractivity contribution in [3.8, 4) is 0 Å². The number of carbonyl (C=O) groups is 1. The first kappa shape index (κ1) is 11.6. The fourth-order valence-electron chi connectivity index (χ4n) is 1.76. The van der Waals surface area contributed by atoms with Gasteiger partial charge >= 0.3 is 0 Å². The van der Waals surface area contributed by atoms with E-state index in [2.05, 4.69) is 24.2 Å². The molecule has 17 heavy (non-hydrogen) atoms. The molecule has 1 aromatic carbocycles. The van der Waals surface area contributed by atoms with Crippen molar-refractivity contribution in [1.29, 1.82) is 0 Å². The molecule has 0 unspecified atom stereocenters. The van der Waals surface area contributed by atoms with Crippen molar-refractivity contribution in [3.05, 3.63) is 53.3 Å². The molecule has 2 rings (SSSR count). The highest BCUT2D eigenvalue weighted by molar-refractivity contribution is 5.95. The average molecular weight is 228 g/mol. The SMILES string of the molecule is CCC(=O)c1cnn(Cc2ccccc2C)c1. The zero-order valence-corrected chi connectivity index (χ0v) is 10.2. The number of carbonyl (C=O) groups excluding carboxylic acids is 1. The van der Waals surface area contributed by atoms with Crippen LogP contribution in [0.5, 0.6) is 0 Å². The van der Waals surface area contributed by atoms with Gasteiger partial charge in [0.1, 0.15) is 0 Å². The standard InChI is InChI=1S/C14H16N2O/c1-3-14(17)13-8-15-16(10-13)9-12-7-5-4-6-11(12)2/h4-8,10H,3,9H2,1-2H3.